The monoisotopic (exact) mass is 209 g/mol. The van der Waals surface area contributed by atoms with E-state index in [1.54, 1.807) is 0 Å². The second-order valence-electron chi connectivity index (χ2n) is 4.30. The van der Waals surface area contributed by atoms with Gasteiger partial charge in [0, 0.05) is 17.0 Å². The van der Waals surface area contributed by atoms with Crippen LogP contribution in [0, 0.1) is 5.92 Å². The second kappa shape index (κ2) is 3.56. The number of rotatable bonds is 3. The van der Waals surface area contributed by atoms with Crippen LogP contribution in [0.3, 0.4) is 0 Å². The molecule has 1 saturated carbocycles. The van der Waals surface area contributed by atoms with Gasteiger partial charge < -0.3 is 5.32 Å². The van der Waals surface area contributed by atoms with Crippen LogP contribution in [-0.4, -0.2) is 13.6 Å². The Hall–Kier alpha value is -0.530. The third kappa shape index (κ3) is 1.55. The molecule has 0 heterocycles. The molecule has 76 valence electrons. The second-order valence-corrected chi connectivity index (χ2v) is 4.73. The van der Waals surface area contributed by atoms with E-state index in [4.69, 9.17) is 11.6 Å². The maximum Gasteiger partial charge on any atom is 0.0406 e. The number of hydrogen-bond donors (Lipinski definition) is 1. The summed E-state index contributed by atoms with van der Waals surface area (Å²) >= 11 is 5.88. The molecular formula is C12H16ClN. The van der Waals surface area contributed by atoms with Crippen molar-refractivity contribution in [1.82, 2.24) is 5.32 Å². The highest BCUT2D eigenvalue weighted by molar-refractivity contribution is 6.30. The van der Waals surface area contributed by atoms with Gasteiger partial charge in [-0.3, -0.25) is 0 Å². The van der Waals surface area contributed by atoms with E-state index in [-0.39, 0.29) is 0 Å². The van der Waals surface area contributed by atoms with Crippen LogP contribution in [0.1, 0.15) is 18.9 Å². The summed E-state index contributed by atoms with van der Waals surface area (Å²) in [6.07, 6.45) is 1.29. The highest BCUT2D eigenvalue weighted by Gasteiger charge is 2.51. The molecule has 0 amide bonds. The Bertz CT molecular complexity index is 320. The van der Waals surface area contributed by atoms with Gasteiger partial charge in [-0.1, -0.05) is 30.7 Å². The lowest BCUT2D eigenvalue weighted by Gasteiger charge is -2.16. The molecule has 0 saturated heterocycles. The molecule has 2 unspecified atom stereocenters. The molecular weight excluding hydrogens is 194 g/mol. The number of hydrogen-bond acceptors (Lipinski definition) is 1. The minimum Gasteiger partial charge on any atom is -0.319 e. The molecule has 0 bridgehead atoms. The van der Waals surface area contributed by atoms with Crippen LogP contribution in [0.25, 0.3) is 0 Å². The molecule has 1 aliphatic carbocycles. The fourth-order valence-electron chi connectivity index (χ4n) is 2.34. The van der Waals surface area contributed by atoms with Gasteiger partial charge in [0.1, 0.15) is 0 Å². The molecule has 1 aromatic rings. The van der Waals surface area contributed by atoms with Crippen molar-refractivity contribution in [2.75, 3.05) is 13.6 Å². The summed E-state index contributed by atoms with van der Waals surface area (Å²) in [5.74, 6) is 0.788. The Balaban J connectivity index is 2.25. The van der Waals surface area contributed by atoms with Crippen LogP contribution in [-0.2, 0) is 5.41 Å². The molecule has 1 fully saturated rings. The summed E-state index contributed by atoms with van der Waals surface area (Å²) in [5, 5.41) is 4.10. The largest absolute Gasteiger partial charge is 0.319 e. The molecule has 0 spiro atoms. The average molecular weight is 210 g/mol. The van der Waals surface area contributed by atoms with Crippen molar-refractivity contribution < 1.29 is 0 Å². The summed E-state index contributed by atoms with van der Waals surface area (Å²) in [4.78, 5) is 0. The first-order chi connectivity index (χ1) is 6.69. The molecule has 1 aliphatic rings. The normalized spacial score (nSPS) is 30.4. The molecule has 0 radical (unpaired) electrons. The van der Waals surface area contributed by atoms with Gasteiger partial charge in [-0.15, -0.1) is 0 Å². The lowest BCUT2D eigenvalue weighted by atomic mass is 9.93. The summed E-state index contributed by atoms with van der Waals surface area (Å²) in [7, 11) is 2.02. The molecule has 2 rings (SSSR count). The molecule has 0 aromatic heterocycles. The molecule has 0 aliphatic heterocycles. The first-order valence-corrected chi connectivity index (χ1v) is 5.47. The van der Waals surface area contributed by atoms with Gasteiger partial charge in [0.25, 0.3) is 0 Å². The van der Waals surface area contributed by atoms with Gasteiger partial charge in [0.15, 0.2) is 0 Å². The first-order valence-electron chi connectivity index (χ1n) is 5.10. The number of halogens is 1. The van der Waals surface area contributed by atoms with Gasteiger partial charge in [-0.05, 0) is 37.1 Å². The lowest BCUT2D eigenvalue weighted by molar-refractivity contribution is 0.581. The minimum atomic E-state index is 0.374. The lowest BCUT2D eigenvalue weighted by Crippen LogP contribution is -2.25. The Morgan fingerprint density at radius 2 is 2.00 bits per heavy atom. The van der Waals surface area contributed by atoms with E-state index >= 15 is 0 Å². The van der Waals surface area contributed by atoms with Crippen molar-refractivity contribution in [2.45, 2.75) is 18.8 Å². The molecule has 1 nitrogen and oxygen atoms in total. The Morgan fingerprint density at radius 1 is 1.43 bits per heavy atom. The number of benzene rings is 1. The van der Waals surface area contributed by atoms with Crippen molar-refractivity contribution in [3.05, 3.63) is 34.9 Å². The van der Waals surface area contributed by atoms with Gasteiger partial charge in [0.05, 0.1) is 0 Å². The highest BCUT2D eigenvalue weighted by Crippen LogP contribution is 2.53. The first kappa shape index (κ1) is 10.0. The van der Waals surface area contributed by atoms with Crippen molar-refractivity contribution in [2.24, 2.45) is 5.92 Å². The maximum absolute atomic E-state index is 5.88. The third-order valence-corrected chi connectivity index (χ3v) is 3.62. The number of likely N-dealkylation sites (N-methyl/N-ethyl adjacent to an activating group) is 1. The van der Waals surface area contributed by atoms with Crippen LogP contribution >= 0.6 is 11.6 Å². The molecule has 2 heteroatoms. The zero-order valence-corrected chi connectivity index (χ0v) is 9.43. The van der Waals surface area contributed by atoms with E-state index < -0.39 is 0 Å². The minimum absolute atomic E-state index is 0.374. The molecule has 1 N–H and O–H groups in total. The predicted octanol–water partition coefficient (Wildman–Crippen LogP) is 2.84. The third-order valence-electron chi connectivity index (χ3n) is 3.36. The zero-order chi connectivity index (χ0) is 10.2. The Labute approximate surface area is 90.5 Å². The average Bonchev–Trinajstić information content (AvgIpc) is 2.79. The Kier molecular flexibility index (Phi) is 2.54. The van der Waals surface area contributed by atoms with E-state index in [1.807, 2.05) is 19.2 Å². The smallest absolute Gasteiger partial charge is 0.0406 e. The van der Waals surface area contributed by atoms with Crippen LogP contribution in [0.5, 0.6) is 0 Å². The summed E-state index contributed by atoms with van der Waals surface area (Å²) < 4.78 is 0. The van der Waals surface area contributed by atoms with Gasteiger partial charge in [-0.2, -0.15) is 0 Å². The summed E-state index contributed by atoms with van der Waals surface area (Å²) in [5.41, 5.74) is 1.79. The van der Waals surface area contributed by atoms with E-state index in [1.165, 1.54) is 12.0 Å². The van der Waals surface area contributed by atoms with Crippen LogP contribution in [0.2, 0.25) is 5.02 Å². The SMILES string of the molecule is CNCC1(c2ccc(Cl)cc2)CC1C. The van der Waals surface area contributed by atoms with E-state index in [0.717, 1.165) is 17.5 Å². The number of nitrogens with one attached hydrogen (secondary N) is 1. The van der Waals surface area contributed by atoms with Crippen molar-refractivity contribution >= 4 is 11.6 Å². The van der Waals surface area contributed by atoms with Gasteiger partial charge in [0.2, 0.25) is 0 Å². The van der Waals surface area contributed by atoms with E-state index in [2.05, 4.69) is 24.4 Å². The van der Waals surface area contributed by atoms with Crippen molar-refractivity contribution in [3.8, 4) is 0 Å². The van der Waals surface area contributed by atoms with Crippen molar-refractivity contribution in [1.29, 1.82) is 0 Å². The predicted molar refractivity (Wildman–Crippen MR) is 60.8 cm³/mol. The fourth-order valence-corrected chi connectivity index (χ4v) is 2.46. The van der Waals surface area contributed by atoms with Crippen LogP contribution < -0.4 is 5.32 Å². The zero-order valence-electron chi connectivity index (χ0n) is 8.68. The standard InChI is InChI=1S/C12H16ClN/c1-9-7-12(9,8-14-2)10-3-5-11(13)6-4-10/h3-6,9,14H,7-8H2,1-2H3. The molecule has 2 atom stereocenters. The van der Waals surface area contributed by atoms with E-state index in [0.29, 0.717) is 5.41 Å². The van der Waals surface area contributed by atoms with Crippen molar-refractivity contribution in [3.63, 3.8) is 0 Å². The molecule has 1 aromatic carbocycles. The van der Waals surface area contributed by atoms with Crippen LogP contribution in [0.4, 0.5) is 0 Å². The fraction of sp³-hybridized carbons (Fsp3) is 0.500. The van der Waals surface area contributed by atoms with E-state index in [9.17, 15) is 0 Å². The van der Waals surface area contributed by atoms with Gasteiger partial charge in [-0.25, -0.2) is 0 Å². The highest BCUT2D eigenvalue weighted by atomic mass is 35.5. The summed E-state index contributed by atoms with van der Waals surface area (Å²) in [6, 6.07) is 8.28. The topological polar surface area (TPSA) is 12.0 Å². The van der Waals surface area contributed by atoms with Crippen LogP contribution in [0.15, 0.2) is 24.3 Å². The molecule has 14 heavy (non-hydrogen) atoms. The quantitative estimate of drug-likeness (QED) is 0.808. The van der Waals surface area contributed by atoms with Gasteiger partial charge >= 0.3 is 0 Å². The maximum atomic E-state index is 5.88. The summed E-state index contributed by atoms with van der Waals surface area (Å²) in [6.45, 7) is 3.38. The Morgan fingerprint density at radius 3 is 2.43 bits per heavy atom.